The van der Waals surface area contributed by atoms with Crippen LogP contribution in [0.15, 0.2) is 83.5 Å². The normalized spacial score (nSPS) is 16.5. The van der Waals surface area contributed by atoms with E-state index in [9.17, 15) is 14.7 Å². The van der Waals surface area contributed by atoms with Crippen molar-refractivity contribution in [3.63, 3.8) is 0 Å². The number of benzene rings is 2. The summed E-state index contributed by atoms with van der Waals surface area (Å²) in [5, 5.41) is 13.2. The number of β-amino-alcohol motifs (C(OH)–C–C–N with tert-alkyl or cyclic N) is 1. The first-order valence-electron chi connectivity index (χ1n) is 9.64. The van der Waals surface area contributed by atoms with Crippen LogP contribution in [0.5, 0.6) is 0 Å². The van der Waals surface area contributed by atoms with Gasteiger partial charge in [0.25, 0.3) is 5.91 Å². The molecule has 3 aromatic rings. The summed E-state index contributed by atoms with van der Waals surface area (Å²) in [7, 11) is 0. The van der Waals surface area contributed by atoms with E-state index in [1.165, 1.54) is 6.26 Å². The number of nitrogens with zero attached hydrogens (tertiary/aromatic N) is 1. The van der Waals surface area contributed by atoms with Crippen LogP contribution in [0.1, 0.15) is 16.9 Å². The Balaban J connectivity index is 1.53. The van der Waals surface area contributed by atoms with Crippen LogP contribution in [-0.4, -0.2) is 41.2 Å². The number of hydrogen-bond acceptors (Lipinski definition) is 5. The molecule has 1 atom stereocenters. The van der Waals surface area contributed by atoms with Gasteiger partial charge in [-0.25, -0.2) is 4.79 Å². The van der Waals surface area contributed by atoms with Crippen LogP contribution in [0, 0.1) is 0 Å². The van der Waals surface area contributed by atoms with Gasteiger partial charge in [-0.2, -0.15) is 0 Å². The zero-order valence-electron chi connectivity index (χ0n) is 16.2. The number of urea groups is 1. The minimum Gasteiger partial charge on any atom is -0.467 e. The van der Waals surface area contributed by atoms with Crippen LogP contribution >= 0.6 is 0 Å². The summed E-state index contributed by atoms with van der Waals surface area (Å²) in [5.74, 6) is 0.194. The Morgan fingerprint density at radius 1 is 0.967 bits per heavy atom. The Bertz CT molecular complexity index is 949. The molecule has 154 valence electrons. The molecule has 2 N–H and O–H groups in total. The second-order valence-electron chi connectivity index (χ2n) is 7.08. The summed E-state index contributed by atoms with van der Waals surface area (Å²) < 4.78 is 10.6. The van der Waals surface area contributed by atoms with Crippen molar-refractivity contribution in [3.8, 4) is 0 Å². The first-order valence-corrected chi connectivity index (χ1v) is 9.64. The van der Waals surface area contributed by atoms with E-state index in [1.54, 1.807) is 36.4 Å². The van der Waals surface area contributed by atoms with Gasteiger partial charge in [0, 0.05) is 0 Å². The lowest BCUT2D eigenvalue weighted by Crippen LogP contribution is -2.45. The number of furan rings is 1. The highest BCUT2D eigenvalue weighted by Crippen LogP contribution is 2.36. The molecule has 0 bridgehead atoms. The molecule has 30 heavy (non-hydrogen) atoms. The van der Waals surface area contributed by atoms with E-state index in [2.05, 4.69) is 5.32 Å². The monoisotopic (exact) mass is 406 g/mol. The van der Waals surface area contributed by atoms with Gasteiger partial charge in [-0.3, -0.25) is 9.69 Å². The predicted octanol–water partition coefficient (Wildman–Crippen LogP) is 2.65. The average Bonchev–Trinajstić information content (AvgIpc) is 3.38. The Morgan fingerprint density at radius 3 is 2.17 bits per heavy atom. The van der Waals surface area contributed by atoms with Gasteiger partial charge in [-0.05, 0) is 23.3 Å². The van der Waals surface area contributed by atoms with E-state index < -0.39 is 23.6 Å². The standard InChI is InChI=1S/C23H22N2O5/c26-19(15-29-16-20-12-7-13-30-20)14-25-21(27)23(24-22(25)28,17-8-3-1-4-9-17)18-10-5-2-6-11-18/h1-13,19,26H,14-16H2,(H,24,28). The third kappa shape index (κ3) is 3.72. The smallest absolute Gasteiger partial charge is 0.325 e. The second-order valence-corrected chi connectivity index (χ2v) is 7.08. The maximum absolute atomic E-state index is 13.5. The number of aliphatic hydroxyl groups is 1. The predicted molar refractivity (Wildman–Crippen MR) is 108 cm³/mol. The van der Waals surface area contributed by atoms with Crippen molar-refractivity contribution in [1.29, 1.82) is 0 Å². The summed E-state index contributed by atoms with van der Waals surface area (Å²) in [6.45, 7) is -0.0200. The first-order chi connectivity index (χ1) is 14.6. The summed E-state index contributed by atoms with van der Waals surface area (Å²) in [4.78, 5) is 27.3. The van der Waals surface area contributed by atoms with Crippen molar-refractivity contribution in [2.75, 3.05) is 13.2 Å². The Kier molecular flexibility index (Phi) is 5.65. The SMILES string of the molecule is O=C1NC(c2ccccc2)(c2ccccc2)C(=O)N1CC(O)COCc1ccco1. The maximum Gasteiger partial charge on any atom is 0.325 e. The van der Waals surface area contributed by atoms with Gasteiger partial charge >= 0.3 is 6.03 Å². The van der Waals surface area contributed by atoms with Crippen molar-refractivity contribution < 1.29 is 23.8 Å². The molecule has 2 aromatic carbocycles. The van der Waals surface area contributed by atoms with Crippen LogP contribution in [0.2, 0.25) is 0 Å². The minimum absolute atomic E-state index is 0.0402. The lowest BCUT2D eigenvalue weighted by atomic mass is 9.82. The van der Waals surface area contributed by atoms with Crippen molar-refractivity contribution in [3.05, 3.63) is 95.9 Å². The summed E-state index contributed by atoms with van der Waals surface area (Å²) in [6, 6.07) is 21.1. The molecular weight excluding hydrogens is 384 g/mol. The summed E-state index contributed by atoms with van der Waals surface area (Å²) in [6.07, 6.45) is 0.506. The van der Waals surface area contributed by atoms with Gasteiger partial charge < -0.3 is 19.6 Å². The van der Waals surface area contributed by atoms with Gasteiger partial charge in [-0.15, -0.1) is 0 Å². The summed E-state index contributed by atoms with van der Waals surface area (Å²) in [5.41, 5.74) is -0.0323. The maximum atomic E-state index is 13.5. The first kappa shape index (κ1) is 19.9. The molecule has 7 nitrogen and oxygen atoms in total. The topological polar surface area (TPSA) is 92.0 Å². The third-order valence-electron chi connectivity index (χ3n) is 5.05. The number of amides is 3. The van der Waals surface area contributed by atoms with E-state index in [0.29, 0.717) is 16.9 Å². The fourth-order valence-corrected chi connectivity index (χ4v) is 3.63. The van der Waals surface area contributed by atoms with Crippen molar-refractivity contribution >= 4 is 11.9 Å². The van der Waals surface area contributed by atoms with Crippen molar-refractivity contribution in [1.82, 2.24) is 10.2 Å². The van der Waals surface area contributed by atoms with Crippen LogP contribution in [0.4, 0.5) is 4.79 Å². The molecule has 1 aliphatic rings. The Hall–Kier alpha value is -3.42. The molecule has 1 aliphatic heterocycles. The highest BCUT2D eigenvalue weighted by molar-refractivity contribution is 6.09. The van der Waals surface area contributed by atoms with E-state index in [1.807, 2.05) is 36.4 Å². The number of ether oxygens (including phenoxy) is 1. The van der Waals surface area contributed by atoms with E-state index in [-0.39, 0.29) is 19.8 Å². The fraction of sp³-hybridized carbons (Fsp3) is 0.217. The van der Waals surface area contributed by atoms with Gasteiger partial charge in [0.15, 0.2) is 5.54 Å². The van der Waals surface area contributed by atoms with Gasteiger partial charge in [-0.1, -0.05) is 60.7 Å². The number of hydrogen-bond donors (Lipinski definition) is 2. The molecule has 1 saturated heterocycles. The van der Waals surface area contributed by atoms with Crippen molar-refractivity contribution in [2.45, 2.75) is 18.2 Å². The molecule has 3 amide bonds. The van der Waals surface area contributed by atoms with Crippen LogP contribution in [0.25, 0.3) is 0 Å². The molecule has 0 aliphatic carbocycles. The third-order valence-corrected chi connectivity index (χ3v) is 5.05. The van der Waals surface area contributed by atoms with E-state index in [0.717, 1.165) is 4.90 Å². The van der Waals surface area contributed by atoms with Crippen molar-refractivity contribution in [2.24, 2.45) is 0 Å². The molecule has 2 heterocycles. The Labute approximate surface area is 173 Å². The highest BCUT2D eigenvalue weighted by atomic mass is 16.5. The fourth-order valence-electron chi connectivity index (χ4n) is 3.63. The van der Waals surface area contributed by atoms with Gasteiger partial charge in [0.05, 0.1) is 25.5 Å². The summed E-state index contributed by atoms with van der Waals surface area (Å²) >= 11 is 0. The average molecular weight is 406 g/mol. The number of rotatable bonds is 8. The number of aliphatic hydroxyl groups excluding tert-OH is 1. The number of imide groups is 1. The Morgan fingerprint density at radius 2 is 1.60 bits per heavy atom. The molecule has 1 aromatic heterocycles. The largest absolute Gasteiger partial charge is 0.467 e. The van der Waals surface area contributed by atoms with Gasteiger partial charge in [0.1, 0.15) is 12.4 Å². The molecule has 0 saturated carbocycles. The highest BCUT2D eigenvalue weighted by Gasteiger charge is 2.53. The van der Waals surface area contributed by atoms with E-state index >= 15 is 0 Å². The number of carbonyl (C=O) groups is 2. The lowest BCUT2D eigenvalue weighted by Gasteiger charge is -2.28. The quantitative estimate of drug-likeness (QED) is 0.561. The second kappa shape index (κ2) is 8.52. The number of carbonyl (C=O) groups excluding carboxylic acids is 2. The zero-order chi connectivity index (χ0) is 21.0. The van der Waals surface area contributed by atoms with E-state index in [4.69, 9.17) is 9.15 Å². The zero-order valence-corrected chi connectivity index (χ0v) is 16.2. The minimum atomic E-state index is -1.34. The van der Waals surface area contributed by atoms with Crippen LogP contribution < -0.4 is 5.32 Å². The van der Waals surface area contributed by atoms with Gasteiger partial charge in [0.2, 0.25) is 0 Å². The molecule has 1 fully saturated rings. The molecule has 7 heteroatoms. The molecule has 0 spiro atoms. The van der Waals surface area contributed by atoms with Crippen LogP contribution in [-0.2, 0) is 21.7 Å². The molecule has 1 unspecified atom stereocenters. The molecular formula is C23H22N2O5. The molecule has 4 rings (SSSR count). The lowest BCUT2D eigenvalue weighted by molar-refractivity contribution is -0.131. The molecule has 0 radical (unpaired) electrons. The number of nitrogens with one attached hydrogen (secondary N) is 1. The van der Waals surface area contributed by atoms with Crippen LogP contribution in [0.3, 0.4) is 0 Å².